The molecule has 9 heteroatoms. The molecular formula is C23H29N5O3S. The summed E-state index contributed by atoms with van der Waals surface area (Å²) in [5.41, 5.74) is 1.26. The van der Waals surface area contributed by atoms with Gasteiger partial charge >= 0.3 is 0 Å². The van der Waals surface area contributed by atoms with Crippen molar-refractivity contribution in [1.82, 2.24) is 15.5 Å². The van der Waals surface area contributed by atoms with E-state index < -0.39 is 0 Å². The number of nitrogens with one attached hydrogen (secondary N) is 2. The number of Topliss-reactive ketones (excluding diaryl/α,β-unsaturated/α-hetero) is 1. The van der Waals surface area contributed by atoms with Gasteiger partial charge in [-0.3, -0.25) is 14.4 Å². The van der Waals surface area contributed by atoms with Crippen molar-refractivity contribution in [3.05, 3.63) is 42.0 Å². The Balaban J connectivity index is 1.43. The molecule has 1 fully saturated rings. The molecule has 1 aliphatic heterocycles. The second-order valence-electron chi connectivity index (χ2n) is 7.75. The fourth-order valence-corrected chi connectivity index (χ4v) is 4.06. The van der Waals surface area contributed by atoms with Crippen molar-refractivity contribution in [3.8, 4) is 0 Å². The largest absolute Gasteiger partial charge is 0.356 e. The van der Waals surface area contributed by atoms with Crippen LogP contribution in [-0.4, -0.2) is 53.2 Å². The highest BCUT2D eigenvalue weighted by molar-refractivity contribution is 7.99. The van der Waals surface area contributed by atoms with E-state index in [0.717, 1.165) is 44.7 Å². The Kier molecular flexibility index (Phi) is 8.61. The summed E-state index contributed by atoms with van der Waals surface area (Å²) in [6, 6.07) is 10.6. The number of carbonyl (C=O) groups excluding carboxylic acids is 3. The van der Waals surface area contributed by atoms with Gasteiger partial charge in [-0.15, -0.1) is 10.2 Å². The Bertz CT molecular complexity index is 926. The van der Waals surface area contributed by atoms with Crippen LogP contribution in [-0.2, 0) is 9.59 Å². The minimum Gasteiger partial charge on any atom is -0.356 e. The number of rotatable bonds is 9. The number of aromatic nitrogens is 2. The first kappa shape index (κ1) is 23.7. The summed E-state index contributed by atoms with van der Waals surface area (Å²) in [6.45, 7) is 5.83. The van der Waals surface area contributed by atoms with Crippen LogP contribution in [0.4, 0.5) is 11.5 Å². The third-order valence-corrected chi connectivity index (χ3v) is 6.21. The fraction of sp³-hybridized carbons (Fsp3) is 0.435. The van der Waals surface area contributed by atoms with Crippen LogP contribution >= 0.6 is 11.8 Å². The summed E-state index contributed by atoms with van der Waals surface area (Å²) >= 11 is 1.31. The standard InChI is InChI=1S/C23H29N5O3S/c1-3-12-24-23(31)18-10-13-28(14-11-18)20-8-9-22(27-26-20)32-15-21(30)25-19-6-4-17(5-7-19)16(2)29/h4-9,18H,3,10-15H2,1-2H3,(H,24,31)(H,25,30). The number of carbonyl (C=O) groups is 3. The molecule has 1 aliphatic rings. The van der Waals surface area contributed by atoms with Gasteiger partial charge in [0.25, 0.3) is 0 Å². The van der Waals surface area contributed by atoms with E-state index in [2.05, 4.69) is 25.7 Å². The first-order valence-electron chi connectivity index (χ1n) is 10.9. The molecule has 32 heavy (non-hydrogen) atoms. The molecular weight excluding hydrogens is 426 g/mol. The Labute approximate surface area is 192 Å². The van der Waals surface area contributed by atoms with Crippen LogP contribution in [0, 0.1) is 5.92 Å². The molecule has 2 heterocycles. The Hall–Kier alpha value is -2.94. The van der Waals surface area contributed by atoms with Crippen molar-refractivity contribution in [1.29, 1.82) is 0 Å². The zero-order valence-corrected chi connectivity index (χ0v) is 19.3. The average Bonchev–Trinajstić information content (AvgIpc) is 2.82. The number of hydrogen-bond donors (Lipinski definition) is 2. The number of nitrogens with zero attached hydrogens (tertiary/aromatic N) is 3. The van der Waals surface area contributed by atoms with E-state index in [4.69, 9.17) is 0 Å². The molecule has 1 saturated heterocycles. The van der Waals surface area contributed by atoms with Crippen molar-refractivity contribution in [2.24, 2.45) is 5.92 Å². The lowest BCUT2D eigenvalue weighted by Crippen LogP contribution is -2.41. The van der Waals surface area contributed by atoms with Gasteiger partial charge in [0.1, 0.15) is 5.03 Å². The number of piperidine rings is 1. The number of hydrogen-bond acceptors (Lipinski definition) is 7. The van der Waals surface area contributed by atoms with Crippen LogP contribution in [0.1, 0.15) is 43.5 Å². The fourth-order valence-electron chi connectivity index (χ4n) is 3.45. The van der Waals surface area contributed by atoms with Crippen molar-refractivity contribution in [2.45, 2.75) is 38.1 Å². The summed E-state index contributed by atoms with van der Waals surface area (Å²) in [6.07, 6.45) is 2.56. The lowest BCUT2D eigenvalue weighted by Gasteiger charge is -2.31. The molecule has 0 bridgehead atoms. The number of ketones is 1. The molecule has 0 atom stereocenters. The highest BCUT2D eigenvalue weighted by Crippen LogP contribution is 2.23. The molecule has 2 aromatic rings. The first-order chi connectivity index (χ1) is 15.5. The molecule has 2 N–H and O–H groups in total. The van der Waals surface area contributed by atoms with Crippen LogP contribution in [0.25, 0.3) is 0 Å². The molecule has 0 aliphatic carbocycles. The Morgan fingerprint density at radius 3 is 2.38 bits per heavy atom. The second kappa shape index (κ2) is 11.6. The molecule has 1 aromatic carbocycles. The highest BCUT2D eigenvalue weighted by atomic mass is 32.2. The quantitative estimate of drug-likeness (QED) is 0.442. The number of benzene rings is 1. The van der Waals surface area contributed by atoms with Gasteiger partial charge < -0.3 is 15.5 Å². The van der Waals surface area contributed by atoms with E-state index in [9.17, 15) is 14.4 Å². The minimum absolute atomic E-state index is 0.0118. The van der Waals surface area contributed by atoms with E-state index >= 15 is 0 Å². The molecule has 170 valence electrons. The average molecular weight is 456 g/mol. The van der Waals surface area contributed by atoms with Crippen molar-refractivity contribution in [2.75, 3.05) is 35.6 Å². The third-order valence-electron chi connectivity index (χ3n) is 5.29. The van der Waals surface area contributed by atoms with Gasteiger partial charge in [0.15, 0.2) is 11.6 Å². The molecule has 1 aromatic heterocycles. The van der Waals surface area contributed by atoms with E-state index in [0.29, 0.717) is 16.3 Å². The number of amides is 2. The summed E-state index contributed by atoms with van der Waals surface area (Å²) in [4.78, 5) is 37.8. The van der Waals surface area contributed by atoms with Crippen molar-refractivity contribution in [3.63, 3.8) is 0 Å². The van der Waals surface area contributed by atoms with Gasteiger partial charge in [-0.05, 0) is 62.6 Å². The predicted molar refractivity (Wildman–Crippen MR) is 126 cm³/mol. The van der Waals surface area contributed by atoms with Gasteiger partial charge in [0.05, 0.1) is 5.75 Å². The van der Waals surface area contributed by atoms with Crippen LogP contribution in [0.15, 0.2) is 41.4 Å². The zero-order valence-electron chi connectivity index (χ0n) is 18.5. The van der Waals surface area contributed by atoms with E-state index in [1.54, 1.807) is 24.3 Å². The van der Waals surface area contributed by atoms with Gasteiger partial charge in [-0.2, -0.15) is 0 Å². The lowest BCUT2D eigenvalue weighted by molar-refractivity contribution is -0.125. The molecule has 3 rings (SSSR count). The lowest BCUT2D eigenvalue weighted by atomic mass is 9.96. The molecule has 0 unspecified atom stereocenters. The van der Waals surface area contributed by atoms with Gasteiger partial charge in [-0.25, -0.2) is 0 Å². The second-order valence-corrected chi connectivity index (χ2v) is 8.75. The minimum atomic E-state index is -0.153. The number of thioether (sulfide) groups is 1. The van der Waals surface area contributed by atoms with Crippen LogP contribution in [0.5, 0.6) is 0 Å². The summed E-state index contributed by atoms with van der Waals surface area (Å²) in [7, 11) is 0. The predicted octanol–water partition coefficient (Wildman–Crippen LogP) is 3.15. The van der Waals surface area contributed by atoms with Gasteiger partial charge in [0, 0.05) is 36.8 Å². The molecule has 0 saturated carbocycles. The molecule has 0 radical (unpaired) electrons. The highest BCUT2D eigenvalue weighted by Gasteiger charge is 2.25. The van der Waals surface area contributed by atoms with Crippen molar-refractivity contribution < 1.29 is 14.4 Å². The van der Waals surface area contributed by atoms with Crippen molar-refractivity contribution >= 4 is 40.9 Å². The third kappa shape index (κ3) is 6.78. The maximum atomic E-state index is 12.2. The monoisotopic (exact) mass is 455 g/mol. The van der Waals surface area contributed by atoms with Crippen LogP contribution in [0.2, 0.25) is 0 Å². The number of anilines is 2. The first-order valence-corrected chi connectivity index (χ1v) is 11.8. The molecule has 2 amide bonds. The smallest absolute Gasteiger partial charge is 0.234 e. The maximum Gasteiger partial charge on any atom is 0.234 e. The zero-order chi connectivity index (χ0) is 22.9. The summed E-state index contributed by atoms with van der Waals surface area (Å²) in [5.74, 6) is 1.05. The van der Waals surface area contributed by atoms with Gasteiger partial charge in [-0.1, -0.05) is 18.7 Å². The normalized spacial score (nSPS) is 14.1. The molecule has 0 spiro atoms. The topological polar surface area (TPSA) is 104 Å². The maximum absolute atomic E-state index is 12.2. The van der Waals surface area contributed by atoms with E-state index in [1.807, 2.05) is 19.1 Å². The summed E-state index contributed by atoms with van der Waals surface area (Å²) in [5, 5.41) is 15.0. The SMILES string of the molecule is CCCNC(=O)C1CCN(c2ccc(SCC(=O)Nc3ccc(C(C)=O)cc3)nn2)CC1. The van der Waals surface area contributed by atoms with Crippen LogP contribution < -0.4 is 15.5 Å². The van der Waals surface area contributed by atoms with Crippen LogP contribution in [0.3, 0.4) is 0 Å². The van der Waals surface area contributed by atoms with E-state index in [-0.39, 0.29) is 29.3 Å². The Morgan fingerprint density at radius 1 is 1.06 bits per heavy atom. The van der Waals surface area contributed by atoms with Gasteiger partial charge in [0.2, 0.25) is 11.8 Å². The van der Waals surface area contributed by atoms with E-state index in [1.165, 1.54) is 18.7 Å². The molecule has 8 nitrogen and oxygen atoms in total. The summed E-state index contributed by atoms with van der Waals surface area (Å²) < 4.78 is 0. The Morgan fingerprint density at radius 2 is 1.78 bits per heavy atom.